The second-order valence-electron chi connectivity index (χ2n) is 3.37. The smallest absolute Gasteiger partial charge is 0.324 e. The lowest BCUT2D eigenvalue weighted by atomic mass is 10.3. The molecule has 0 saturated carbocycles. The van der Waals surface area contributed by atoms with E-state index in [0.29, 0.717) is 12.1 Å². The molecule has 0 spiro atoms. The number of nitrogens with one attached hydrogen (secondary N) is 1. The molecule has 0 aliphatic carbocycles. The molecule has 1 rings (SSSR count). The molecule has 0 heterocycles. The molecule has 3 N–H and O–H groups in total. The lowest BCUT2D eigenvalue weighted by Crippen LogP contribution is -2.43. The highest BCUT2D eigenvalue weighted by atomic mass is 32.2. The lowest BCUT2D eigenvalue weighted by Gasteiger charge is -2.12. The number of rotatable bonds is 5. The molecular weight excluding hydrogens is 291 g/mol. The molecule has 19 heavy (non-hydrogen) atoms. The Kier molecular flexibility index (Phi) is 4.50. The molecule has 0 amide bonds. The molecular formula is C9H8F3NO5S. The van der Waals surface area contributed by atoms with E-state index in [2.05, 4.69) is 0 Å². The molecule has 106 valence electrons. The first-order chi connectivity index (χ1) is 8.70. The van der Waals surface area contributed by atoms with Crippen LogP contribution in [-0.2, 0) is 14.8 Å². The Labute approximate surface area is 105 Å². The van der Waals surface area contributed by atoms with E-state index in [4.69, 9.17) is 10.2 Å². The number of aliphatic hydroxyl groups excluding tert-OH is 1. The highest BCUT2D eigenvalue weighted by Gasteiger charge is 2.29. The maximum Gasteiger partial charge on any atom is 0.324 e. The van der Waals surface area contributed by atoms with Gasteiger partial charge in [-0.3, -0.25) is 4.79 Å². The minimum atomic E-state index is -4.76. The van der Waals surface area contributed by atoms with Crippen molar-refractivity contribution in [2.24, 2.45) is 0 Å². The molecule has 1 atom stereocenters. The molecule has 1 aromatic carbocycles. The number of aliphatic hydroxyl groups is 1. The van der Waals surface area contributed by atoms with Crippen LogP contribution in [0.3, 0.4) is 0 Å². The Morgan fingerprint density at radius 2 is 1.84 bits per heavy atom. The molecule has 1 aromatic rings. The molecule has 0 aliphatic rings. The minimum absolute atomic E-state index is 0.377. The van der Waals surface area contributed by atoms with Crippen molar-refractivity contribution >= 4 is 16.0 Å². The predicted molar refractivity (Wildman–Crippen MR) is 55.1 cm³/mol. The van der Waals surface area contributed by atoms with Crippen LogP contribution >= 0.6 is 0 Å². The summed E-state index contributed by atoms with van der Waals surface area (Å²) >= 11 is 0. The van der Waals surface area contributed by atoms with Gasteiger partial charge in [0.15, 0.2) is 17.5 Å². The van der Waals surface area contributed by atoms with Gasteiger partial charge < -0.3 is 10.2 Å². The number of carbonyl (C=O) groups is 1. The van der Waals surface area contributed by atoms with Gasteiger partial charge in [-0.15, -0.1) is 0 Å². The van der Waals surface area contributed by atoms with E-state index < -0.39 is 51.0 Å². The van der Waals surface area contributed by atoms with E-state index in [1.165, 1.54) is 4.72 Å². The summed E-state index contributed by atoms with van der Waals surface area (Å²) in [6, 6.07) is -1.12. The fourth-order valence-electron chi connectivity index (χ4n) is 1.13. The Hall–Kier alpha value is -1.65. The average Bonchev–Trinajstić information content (AvgIpc) is 2.32. The number of hydrogen-bond donors (Lipinski definition) is 3. The van der Waals surface area contributed by atoms with Crippen LogP contribution in [0.1, 0.15) is 0 Å². The van der Waals surface area contributed by atoms with Crippen LogP contribution in [0.25, 0.3) is 0 Å². The van der Waals surface area contributed by atoms with Crippen LogP contribution in [0.2, 0.25) is 0 Å². The van der Waals surface area contributed by atoms with Crippen molar-refractivity contribution in [1.29, 1.82) is 0 Å². The lowest BCUT2D eigenvalue weighted by molar-refractivity contribution is -0.139. The predicted octanol–water partition coefficient (Wildman–Crippen LogP) is -0.172. The quantitative estimate of drug-likeness (QED) is 0.655. The van der Waals surface area contributed by atoms with Crippen LogP contribution in [0.4, 0.5) is 13.2 Å². The summed E-state index contributed by atoms with van der Waals surface area (Å²) in [6.45, 7) is -1.10. The largest absolute Gasteiger partial charge is 0.480 e. The van der Waals surface area contributed by atoms with Gasteiger partial charge in [0, 0.05) is 0 Å². The highest BCUT2D eigenvalue weighted by molar-refractivity contribution is 7.89. The van der Waals surface area contributed by atoms with Gasteiger partial charge in [-0.05, 0) is 12.1 Å². The first-order valence-corrected chi connectivity index (χ1v) is 6.18. The maximum absolute atomic E-state index is 13.3. The number of halogens is 3. The molecule has 0 aromatic heterocycles. The highest BCUT2D eigenvalue weighted by Crippen LogP contribution is 2.19. The first kappa shape index (κ1) is 15.4. The van der Waals surface area contributed by atoms with Crippen molar-refractivity contribution < 1.29 is 36.6 Å². The maximum atomic E-state index is 13.3. The number of carboxylic acids is 1. The Bertz CT molecular complexity index is 604. The van der Waals surface area contributed by atoms with E-state index in [1.54, 1.807) is 0 Å². The minimum Gasteiger partial charge on any atom is -0.480 e. The average molecular weight is 299 g/mol. The van der Waals surface area contributed by atoms with Gasteiger partial charge in [-0.25, -0.2) is 21.6 Å². The summed E-state index contributed by atoms with van der Waals surface area (Å²) in [5, 5.41) is 17.2. The van der Waals surface area contributed by atoms with E-state index in [-0.39, 0.29) is 0 Å². The van der Waals surface area contributed by atoms with Gasteiger partial charge in [0.05, 0.1) is 6.61 Å². The van der Waals surface area contributed by atoms with Crippen molar-refractivity contribution in [2.45, 2.75) is 10.9 Å². The summed E-state index contributed by atoms with van der Waals surface area (Å²) in [7, 11) is -4.76. The zero-order chi connectivity index (χ0) is 14.8. The van der Waals surface area contributed by atoms with Crippen LogP contribution in [0.5, 0.6) is 0 Å². The van der Waals surface area contributed by atoms with E-state index in [0.717, 1.165) is 0 Å². The van der Waals surface area contributed by atoms with Gasteiger partial charge in [0.1, 0.15) is 10.9 Å². The SMILES string of the molecule is O=C(O)[C@H](CO)NS(=O)(=O)c1ccc(F)c(F)c1F. The van der Waals surface area contributed by atoms with Crippen molar-refractivity contribution in [3.63, 3.8) is 0 Å². The van der Waals surface area contributed by atoms with Gasteiger partial charge in [-0.2, -0.15) is 4.72 Å². The summed E-state index contributed by atoms with van der Waals surface area (Å²) < 4.78 is 63.4. The summed E-state index contributed by atoms with van der Waals surface area (Å²) in [5.74, 6) is -7.28. The molecule has 10 heteroatoms. The van der Waals surface area contributed by atoms with Crippen molar-refractivity contribution in [2.75, 3.05) is 6.61 Å². The molecule has 0 saturated heterocycles. The Balaban J connectivity index is 3.22. The molecule has 6 nitrogen and oxygen atoms in total. The third kappa shape index (κ3) is 3.22. The van der Waals surface area contributed by atoms with Crippen molar-refractivity contribution in [3.05, 3.63) is 29.6 Å². The fourth-order valence-corrected chi connectivity index (χ4v) is 2.38. The summed E-state index contributed by atoms with van der Waals surface area (Å²) in [4.78, 5) is 9.27. The number of sulfonamides is 1. The molecule has 0 aliphatic heterocycles. The monoisotopic (exact) mass is 299 g/mol. The van der Waals surface area contributed by atoms with E-state index in [9.17, 15) is 26.4 Å². The van der Waals surface area contributed by atoms with Crippen LogP contribution in [-0.4, -0.2) is 37.2 Å². The number of carboxylic acid groups (broad SMARTS) is 1. The fraction of sp³-hybridized carbons (Fsp3) is 0.222. The Morgan fingerprint density at radius 3 is 2.32 bits per heavy atom. The van der Waals surface area contributed by atoms with Crippen molar-refractivity contribution in [3.8, 4) is 0 Å². The molecule has 0 radical (unpaired) electrons. The number of benzene rings is 1. The topological polar surface area (TPSA) is 104 Å². The molecule has 0 fully saturated rings. The zero-order valence-electron chi connectivity index (χ0n) is 9.10. The zero-order valence-corrected chi connectivity index (χ0v) is 9.92. The standard InChI is InChI=1S/C9H8F3NO5S/c10-4-1-2-6(8(12)7(4)11)19(17,18)13-5(3-14)9(15)16/h1-2,5,13-14H,3H2,(H,15,16)/t5-/m0/s1. The van der Waals surface area contributed by atoms with Crippen LogP contribution in [0, 0.1) is 17.5 Å². The van der Waals surface area contributed by atoms with Gasteiger partial charge >= 0.3 is 5.97 Å². The summed E-state index contributed by atoms with van der Waals surface area (Å²) in [6.07, 6.45) is 0. The normalized spacial score (nSPS) is 13.3. The number of hydrogen-bond acceptors (Lipinski definition) is 4. The van der Waals surface area contributed by atoms with E-state index >= 15 is 0 Å². The third-order valence-electron chi connectivity index (χ3n) is 2.07. The van der Waals surface area contributed by atoms with Crippen LogP contribution < -0.4 is 4.72 Å². The Morgan fingerprint density at radius 1 is 1.26 bits per heavy atom. The second-order valence-corrected chi connectivity index (χ2v) is 5.05. The van der Waals surface area contributed by atoms with E-state index in [1.807, 2.05) is 0 Å². The summed E-state index contributed by atoms with van der Waals surface area (Å²) in [5.41, 5.74) is 0. The molecule has 0 bridgehead atoms. The number of aliphatic carboxylic acids is 1. The van der Waals surface area contributed by atoms with Gasteiger partial charge in [0.2, 0.25) is 10.0 Å². The van der Waals surface area contributed by atoms with Gasteiger partial charge in [-0.1, -0.05) is 0 Å². The molecule has 0 unspecified atom stereocenters. The second kappa shape index (κ2) is 5.55. The third-order valence-corrected chi connectivity index (χ3v) is 3.56. The van der Waals surface area contributed by atoms with Crippen LogP contribution in [0.15, 0.2) is 17.0 Å². The van der Waals surface area contributed by atoms with Crippen molar-refractivity contribution in [1.82, 2.24) is 4.72 Å². The van der Waals surface area contributed by atoms with Gasteiger partial charge in [0.25, 0.3) is 0 Å². The first-order valence-electron chi connectivity index (χ1n) is 4.70.